The molecule has 5 rings (SSSR count). The Labute approximate surface area is 191 Å². The summed E-state index contributed by atoms with van der Waals surface area (Å²) in [5.41, 5.74) is 2.35. The van der Waals surface area contributed by atoms with Gasteiger partial charge >= 0.3 is 0 Å². The molecule has 9 atom stereocenters. The van der Waals surface area contributed by atoms with E-state index in [-0.39, 0.29) is 23.0 Å². The van der Waals surface area contributed by atoms with Gasteiger partial charge in [0.25, 0.3) is 0 Å². The number of fused-ring (bicyclic) bond motifs is 6. The number of aliphatic hydroxyl groups is 2. The normalized spacial score (nSPS) is 48.7. The molecular weight excluding hydrogens is 380 g/mol. The summed E-state index contributed by atoms with van der Waals surface area (Å²) < 4.78 is 0. The van der Waals surface area contributed by atoms with Crippen LogP contribution in [-0.2, 0) is 0 Å². The first-order valence-corrected chi connectivity index (χ1v) is 13.7. The summed E-state index contributed by atoms with van der Waals surface area (Å²) in [4.78, 5) is 0. The summed E-state index contributed by atoms with van der Waals surface area (Å²) in [5, 5.41) is 22.2. The molecule has 0 aromatic carbocycles. The van der Waals surface area contributed by atoms with Crippen molar-refractivity contribution in [1.82, 2.24) is 0 Å². The minimum atomic E-state index is -0.113. The van der Waals surface area contributed by atoms with Crippen LogP contribution in [0.1, 0.15) is 105 Å². The molecule has 0 amide bonds. The maximum Gasteiger partial charge on any atom is 0.0634 e. The van der Waals surface area contributed by atoms with Gasteiger partial charge in [-0.05, 0) is 97.7 Å². The highest BCUT2D eigenvalue weighted by atomic mass is 16.3. The van der Waals surface area contributed by atoms with Crippen LogP contribution < -0.4 is 0 Å². The van der Waals surface area contributed by atoms with Crippen molar-refractivity contribution in [3.63, 3.8) is 0 Å². The van der Waals surface area contributed by atoms with Crippen LogP contribution in [0.5, 0.6) is 0 Å². The topological polar surface area (TPSA) is 40.5 Å². The Kier molecular flexibility index (Phi) is 5.50. The summed E-state index contributed by atoms with van der Waals surface area (Å²) in [7, 11) is 0. The third-order valence-electron chi connectivity index (χ3n) is 11.5. The van der Waals surface area contributed by atoms with Crippen LogP contribution in [0, 0.1) is 51.8 Å². The van der Waals surface area contributed by atoms with E-state index in [0.717, 1.165) is 37.5 Å². The molecule has 5 aliphatic carbocycles. The van der Waals surface area contributed by atoms with Gasteiger partial charge < -0.3 is 10.2 Å². The van der Waals surface area contributed by atoms with Crippen molar-refractivity contribution in [3.8, 4) is 0 Å². The second-order valence-corrected chi connectivity index (χ2v) is 13.5. The first-order valence-electron chi connectivity index (χ1n) is 13.7. The summed E-state index contributed by atoms with van der Waals surface area (Å²) in [6, 6.07) is 0. The quantitative estimate of drug-likeness (QED) is 0.475. The van der Waals surface area contributed by atoms with E-state index in [0.29, 0.717) is 29.1 Å². The Morgan fingerprint density at radius 2 is 1.74 bits per heavy atom. The van der Waals surface area contributed by atoms with E-state index >= 15 is 0 Å². The molecule has 0 radical (unpaired) electrons. The predicted molar refractivity (Wildman–Crippen MR) is 127 cm³/mol. The summed E-state index contributed by atoms with van der Waals surface area (Å²) in [6.45, 7) is 12.3. The van der Waals surface area contributed by atoms with Crippen LogP contribution in [-0.4, -0.2) is 22.4 Å². The van der Waals surface area contributed by atoms with Crippen molar-refractivity contribution in [3.05, 3.63) is 11.6 Å². The third-order valence-corrected chi connectivity index (χ3v) is 11.5. The van der Waals surface area contributed by atoms with E-state index in [9.17, 15) is 10.2 Å². The van der Waals surface area contributed by atoms with Crippen LogP contribution in [0.2, 0.25) is 0 Å². The van der Waals surface area contributed by atoms with Crippen molar-refractivity contribution in [2.75, 3.05) is 0 Å². The molecule has 0 aromatic heterocycles. The molecule has 0 aromatic rings. The van der Waals surface area contributed by atoms with Crippen LogP contribution in [0.25, 0.3) is 0 Å². The van der Waals surface area contributed by atoms with Crippen LogP contribution in [0.4, 0.5) is 0 Å². The number of hydrogen-bond acceptors (Lipinski definition) is 2. The lowest BCUT2D eigenvalue weighted by atomic mass is 9.45. The molecule has 0 heterocycles. The first-order chi connectivity index (χ1) is 14.6. The van der Waals surface area contributed by atoms with Crippen LogP contribution >= 0.6 is 0 Å². The monoisotopic (exact) mass is 428 g/mol. The molecule has 0 saturated heterocycles. The van der Waals surface area contributed by atoms with Gasteiger partial charge in [0.15, 0.2) is 0 Å². The molecule has 0 unspecified atom stereocenters. The SMILES string of the molecule is CC(C)CCC[C@@H](C)[C@H]1C[C@H](O)[C@H]2[C@@H]3CC=C4C5(CC5)[C@H](O)CC[C@]4(C)[C@H]3CC[C@@]21C. The van der Waals surface area contributed by atoms with E-state index in [1.165, 1.54) is 44.9 Å². The molecule has 2 heteroatoms. The van der Waals surface area contributed by atoms with Crippen molar-refractivity contribution >= 4 is 0 Å². The molecule has 0 bridgehead atoms. The van der Waals surface area contributed by atoms with Gasteiger partial charge in [0.2, 0.25) is 0 Å². The number of rotatable bonds is 5. The largest absolute Gasteiger partial charge is 0.393 e. The molecule has 5 aliphatic rings. The Bertz CT molecular complexity index is 720. The Balaban J connectivity index is 1.39. The van der Waals surface area contributed by atoms with Gasteiger partial charge in [-0.3, -0.25) is 0 Å². The third kappa shape index (κ3) is 3.24. The second kappa shape index (κ2) is 7.59. The van der Waals surface area contributed by atoms with Gasteiger partial charge in [0.1, 0.15) is 0 Å². The zero-order valence-corrected chi connectivity index (χ0v) is 20.9. The molecule has 2 N–H and O–H groups in total. The van der Waals surface area contributed by atoms with Crippen molar-refractivity contribution < 1.29 is 10.2 Å². The highest BCUT2D eigenvalue weighted by Gasteiger charge is 2.66. The summed E-state index contributed by atoms with van der Waals surface area (Å²) in [6.07, 6.45) is 15.7. The van der Waals surface area contributed by atoms with E-state index in [2.05, 4.69) is 40.7 Å². The molecule has 2 nitrogen and oxygen atoms in total. The number of aliphatic hydroxyl groups excluding tert-OH is 2. The van der Waals surface area contributed by atoms with Gasteiger partial charge in [-0.2, -0.15) is 0 Å². The molecule has 4 saturated carbocycles. The molecule has 4 fully saturated rings. The van der Waals surface area contributed by atoms with Crippen LogP contribution in [0.3, 0.4) is 0 Å². The fraction of sp³-hybridized carbons (Fsp3) is 0.931. The minimum Gasteiger partial charge on any atom is -0.393 e. The second-order valence-electron chi connectivity index (χ2n) is 13.5. The zero-order chi connectivity index (χ0) is 22.2. The van der Waals surface area contributed by atoms with Crippen molar-refractivity contribution in [2.24, 2.45) is 51.8 Å². The lowest BCUT2D eigenvalue weighted by molar-refractivity contribution is -0.0898. The lowest BCUT2D eigenvalue weighted by Gasteiger charge is -2.60. The minimum absolute atomic E-state index is 0.106. The predicted octanol–water partition coefficient (Wildman–Crippen LogP) is 6.75. The van der Waals surface area contributed by atoms with E-state index in [1.807, 2.05) is 0 Å². The van der Waals surface area contributed by atoms with Gasteiger partial charge in [-0.25, -0.2) is 0 Å². The Hall–Kier alpha value is -0.340. The molecule has 176 valence electrons. The smallest absolute Gasteiger partial charge is 0.0634 e. The van der Waals surface area contributed by atoms with Gasteiger partial charge in [-0.15, -0.1) is 0 Å². The number of hydrogen-bond donors (Lipinski definition) is 2. The van der Waals surface area contributed by atoms with Gasteiger partial charge in [-0.1, -0.05) is 65.5 Å². The fourth-order valence-corrected chi connectivity index (χ4v) is 9.86. The van der Waals surface area contributed by atoms with Crippen LogP contribution in [0.15, 0.2) is 11.6 Å². The highest BCUT2D eigenvalue weighted by Crippen LogP contribution is 2.72. The Morgan fingerprint density at radius 1 is 1.00 bits per heavy atom. The number of allylic oxidation sites excluding steroid dienone is 1. The van der Waals surface area contributed by atoms with E-state index in [1.54, 1.807) is 5.57 Å². The van der Waals surface area contributed by atoms with Gasteiger partial charge in [0.05, 0.1) is 12.2 Å². The molecule has 1 spiro atoms. The molecule has 31 heavy (non-hydrogen) atoms. The standard InChI is InChI=1S/C29H48O2/c1-18(2)7-6-8-19(3)22-17-23(30)26-20-9-10-24-27(4,21(20)11-13-28(22,26)5)14-12-25(31)29(24)15-16-29/h10,18-23,25-26,30-31H,6-9,11-17H2,1-5H3/t19-,20-,21+,22-,23+,25-,26-,27-,28-/m1/s1. The Morgan fingerprint density at radius 3 is 2.42 bits per heavy atom. The summed E-state index contributed by atoms with van der Waals surface area (Å²) >= 11 is 0. The fourth-order valence-electron chi connectivity index (χ4n) is 9.86. The van der Waals surface area contributed by atoms with Crippen molar-refractivity contribution in [1.29, 1.82) is 0 Å². The first kappa shape index (κ1) is 22.5. The lowest BCUT2D eigenvalue weighted by Crippen LogP contribution is -2.54. The average Bonchev–Trinajstić information content (AvgIpc) is 3.44. The molecular formula is C29H48O2. The maximum atomic E-state index is 11.4. The van der Waals surface area contributed by atoms with Crippen molar-refractivity contribution in [2.45, 2.75) is 117 Å². The zero-order valence-electron chi connectivity index (χ0n) is 20.9. The maximum absolute atomic E-state index is 11.4. The highest BCUT2D eigenvalue weighted by molar-refractivity contribution is 5.37. The summed E-state index contributed by atoms with van der Waals surface area (Å²) in [5.74, 6) is 4.03. The average molecular weight is 429 g/mol. The molecule has 0 aliphatic heterocycles. The van der Waals surface area contributed by atoms with E-state index < -0.39 is 0 Å². The van der Waals surface area contributed by atoms with Gasteiger partial charge in [0, 0.05) is 5.41 Å². The van der Waals surface area contributed by atoms with E-state index in [4.69, 9.17) is 0 Å².